The predicted octanol–water partition coefficient (Wildman–Crippen LogP) is 3.69. The van der Waals surface area contributed by atoms with Crippen molar-refractivity contribution in [3.05, 3.63) is 23.8 Å². The monoisotopic (exact) mass is 277 g/mol. The standard InChI is InChI=1S/C17H27NO2/c1-3-10-19-16-9-8-14(11-13(2)18)17(12-16)20-15-6-4-5-7-15/h8-9,12-13,15H,3-7,10-11,18H2,1-2H3. The van der Waals surface area contributed by atoms with Gasteiger partial charge < -0.3 is 15.2 Å². The van der Waals surface area contributed by atoms with E-state index in [0.29, 0.717) is 6.10 Å². The number of hydrogen-bond donors (Lipinski definition) is 1. The fraction of sp³-hybridized carbons (Fsp3) is 0.647. The van der Waals surface area contributed by atoms with Gasteiger partial charge in [-0.15, -0.1) is 0 Å². The maximum Gasteiger partial charge on any atom is 0.126 e. The lowest BCUT2D eigenvalue weighted by molar-refractivity contribution is 0.206. The minimum absolute atomic E-state index is 0.142. The average Bonchev–Trinajstić information content (AvgIpc) is 2.91. The van der Waals surface area contributed by atoms with Crippen LogP contribution in [0.1, 0.15) is 51.5 Å². The third-order valence-corrected chi connectivity index (χ3v) is 3.65. The average molecular weight is 277 g/mol. The Morgan fingerprint density at radius 3 is 2.70 bits per heavy atom. The van der Waals surface area contributed by atoms with E-state index in [0.717, 1.165) is 43.8 Å². The zero-order valence-electron chi connectivity index (χ0n) is 12.7. The molecule has 1 unspecified atom stereocenters. The molecule has 0 aliphatic heterocycles. The molecule has 1 aromatic carbocycles. The molecule has 1 aliphatic carbocycles. The van der Waals surface area contributed by atoms with Crippen molar-refractivity contribution in [2.75, 3.05) is 6.61 Å². The molecular formula is C17H27NO2. The van der Waals surface area contributed by atoms with Crippen LogP contribution in [0.2, 0.25) is 0 Å². The van der Waals surface area contributed by atoms with Crippen molar-refractivity contribution in [3.8, 4) is 11.5 Å². The molecule has 0 bridgehead atoms. The lowest BCUT2D eigenvalue weighted by Gasteiger charge is -2.18. The van der Waals surface area contributed by atoms with Gasteiger partial charge in [0, 0.05) is 12.1 Å². The second-order valence-corrected chi connectivity index (χ2v) is 5.82. The summed E-state index contributed by atoms with van der Waals surface area (Å²) in [5.41, 5.74) is 7.12. The number of benzene rings is 1. The van der Waals surface area contributed by atoms with Crippen molar-refractivity contribution in [1.29, 1.82) is 0 Å². The van der Waals surface area contributed by atoms with Gasteiger partial charge in [0.15, 0.2) is 0 Å². The first-order valence-electron chi connectivity index (χ1n) is 7.87. The van der Waals surface area contributed by atoms with Crippen LogP contribution in [-0.2, 0) is 6.42 Å². The minimum Gasteiger partial charge on any atom is -0.493 e. The number of ether oxygens (including phenoxy) is 2. The molecule has 0 radical (unpaired) electrons. The second kappa shape index (κ2) is 7.53. The summed E-state index contributed by atoms with van der Waals surface area (Å²) in [6.45, 7) is 4.89. The summed E-state index contributed by atoms with van der Waals surface area (Å²) in [5, 5.41) is 0. The molecule has 0 spiro atoms. The van der Waals surface area contributed by atoms with Crippen molar-refractivity contribution in [3.63, 3.8) is 0 Å². The molecule has 1 fully saturated rings. The SMILES string of the molecule is CCCOc1ccc(CC(C)N)c(OC2CCCC2)c1. The van der Waals surface area contributed by atoms with Gasteiger partial charge in [0.1, 0.15) is 11.5 Å². The van der Waals surface area contributed by atoms with Crippen molar-refractivity contribution >= 4 is 0 Å². The molecule has 2 rings (SSSR count). The highest BCUT2D eigenvalue weighted by molar-refractivity contribution is 5.41. The van der Waals surface area contributed by atoms with Crippen LogP contribution in [0.25, 0.3) is 0 Å². The third kappa shape index (κ3) is 4.41. The topological polar surface area (TPSA) is 44.5 Å². The summed E-state index contributed by atoms with van der Waals surface area (Å²) >= 11 is 0. The van der Waals surface area contributed by atoms with E-state index in [9.17, 15) is 0 Å². The number of nitrogens with two attached hydrogens (primary N) is 1. The van der Waals surface area contributed by atoms with Crippen molar-refractivity contribution in [2.45, 2.75) is 64.5 Å². The first-order valence-corrected chi connectivity index (χ1v) is 7.87. The molecule has 1 saturated carbocycles. The van der Waals surface area contributed by atoms with Gasteiger partial charge in [-0.05, 0) is 57.1 Å². The van der Waals surface area contributed by atoms with E-state index in [-0.39, 0.29) is 6.04 Å². The first-order chi connectivity index (χ1) is 9.69. The molecule has 0 amide bonds. The summed E-state index contributed by atoms with van der Waals surface area (Å²) in [6, 6.07) is 6.29. The maximum atomic E-state index is 6.19. The van der Waals surface area contributed by atoms with Crippen LogP contribution in [0.4, 0.5) is 0 Å². The van der Waals surface area contributed by atoms with E-state index in [2.05, 4.69) is 13.0 Å². The summed E-state index contributed by atoms with van der Waals surface area (Å²) in [4.78, 5) is 0. The molecule has 1 aliphatic rings. The molecule has 0 saturated heterocycles. The molecule has 0 aromatic heterocycles. The quantitative estimate of drug-likeness (QED) is 0.826. The Morgan fingerprint density at radius 1 is 1.30 bits per heavy atom. The van der Waals surface area contributed by atoms with Gasteiger partial charge >= 0.3 is 0 Å². The van der Waals surface area contributed by atoms with E-state index in [4.69, 9.17) is 15.2 Å². The summed E-state index contributed by atoms with van der Waals surface area (Å²) in [6.07, 6.45) is 7.10. The Morgan fingerprint density at radius 2 is 2.05 bits per heavy atom. The summed E-state index contributed by atoms with van der Waals surface area (Å²) in [5.74, 6) is 1.86. The minimum atomic E-state index is 0.142. The lowest BCUT2D eigenvalue weighted by Crippen LogP contribution is -2.19. The Kier molecular flexibility index (Phi) is 5.72. The molecule has 112 valence electrons. The van der Waals surface area contributed by atoms with E-state index in [1.807, 2.05) is 19.1 Å². The Hall–Kier alpha value is -1.22. The van der Waals surface area contributed by atoms with Crippen molar-refractivity contribution in [2.24, 2.45) is 5.73 Å². The second-order valence-electron chi connectivity index (χ2n) is 5.82. The molecular weight excluding hydrogens is 250 g/mol. The largest absolute Gasteiger partial charge is 0.493 e. The van der Waals surface area contributed by atoms with Gasteiger partial charge in [-0.3, -0.25) is 0 Å². The fourth-order valence-electron chi connectivity index (χ4n) is 2.66. The highest BCUT2D eigenvalue weighted by atomic mass is 16.5. The Labute approximate surface area is 122 Å². The van der Waals surface area contributed by atoms with Crippen molar-refractivity contribution in [1.82, 2.24) is 0 Å². The normalized spacial score (nSPS) is 17.1. The number of hydrogen-bond acceptors (Lipinski definition) is 3. The maximum absolute atomic E-state index is 6.19. The van der Waals surface area contributed by atoms with Crippen LogP contribution >= 0.6 is 0 Å². The summed E-state index contributed by atoms with van der Waals surface area (Å²) < 4.78 is 11.9. The molecule has 1 aromatic rings. The molecule has 3 heteroatoms. The summed E-state index contributed by atoms with van der Waals surface area (Å²) in [7, 11) is 0. The van der Waals surface area contributed by atoms with Crippen LogP contribution in [0.5, 0.6) is 11.5 Å². The van der Waals surface area contributed by atoms with Crippen molar-refractivity contribution < 1.29 is 9.47 Å². The van der Waals surface area contributed by atoms with E-state index >= 15 is 0 Å². The fourth-order valence-corrected chi connectivity index (χ4v) is 2.66. The molecule has 3 nitrogen and oxygen atoms in total. The zero-order chi connectivity index (χ0) is 14.4. The van der Waals surface area contributed by atoms with Gasteiger partial charge in [0.25, 0.3) is 0 Å². The molecule has 1 atom stereocenters. The van der Waals surface area contributed by atoms with Gasteiger partial charge in [0.05, 0.1) is 12.7 Å². The Balaban J connectivity index is 2.12. The third-order valence-electron chi connectivity index (χ3n) is 3.65. The first kappa shape index (κ1) is 15.2. The molecule has 20 heavy (non-hydrogen) atoms. The number of rotatable bonds is 7. The highest BCUT2D eigenvalue weighted by Crippen LogP contribution is 2.30. The van der Waals surface area contributed by atoms with Gasteiger partial charge in [-0.25, -0.2) is 0 Å². The van der Waals surface area contributed by atoms with Crippen LogP contribution in [0.15, 0.2) is 18.2 Å². The Bertz CT molecular complexity index is 411. The van der Waals surface area contributed by atoms with Gasteiger partial charge in [-0.2, -0.15) is 0 Å². The zero-order valence-corrected chi connectivity index (χ0v) is 12.7. The van der Waals surface area contributed by atoms with E-state index < -0.39 is 0 Å². The highest BCUT2D eigenvalue weighted by Gasteiger charge is 2.18. The molecule has 0 heterocycles. The van der Waals surface area contributed by atoms with Gasteiger partial charge in [-0.1, -0.05) is 13.0 Å². The predicted molar refractivity (Wildman–Crippen MR) is 82.5 cm³/mol. The van der Waals surface area contributed by atoms with Crippen LogP contribution < -0.4 is 15.2 Å². The van der Waals surface area contributed by atoms with Crippen LogP contribution in [0.3, 0.4) is 0 Å². The van der Waals surface area contributed by atoms with Crippen LogP contribution in [0, 0.1) is 0 Å². The van der Waals surface area contributed by atoms with Gasteiger partial charge in [0.2, 0.25) is 0 Å². The van der Waals surface area contributed by atoms with E-state index in [1.165, 1.54) is 18.4 Å². The van der Waals surface area contributed by atoms with Crippen LogP contribution in [-0.4, -0.2) is 18.8 Å². The smallest absolute Gasteiger partial charge is 0.126 e. The lowest BCUT2D eigenvalue weighted by atomic mass is 10.1. The van der Waals surface area contributed by atoms with E-state index in [1.54, 1.807) is 0 Å². The molecule has 2 N–H and O–H groups in total.